The van der Waals surface area contributed by atoms with Crippen molar-refractivity contribution < 1.29 is 92.1 Å². The first-order valence-corrected chi connectivity index (χ1v) is 30.5. The highest BCUT2D eigenvalue weighted by Gasteiger charge is 2.42. The average Bonchev–Trinajstić information content (AvgIpc) is 3.44. The lowest BCUT2D eigenvalue weighted by Crippen LogP contribution is -2.33. The van der Waals surface area contributed by atoms with Crippen LogP contribution in [0, 0.1) is 12.3 Å². The van der Waals surface area contributed by atoms with Gasteiger partial charge >= 0.3 is 15.2 Å². The van der Waals surface area contributed by atoms with Crippen molar-refractivity contribution in [2.75, 3.05) is 61.3 Å². The van der Waals surface area contributed by atoms with Crippen LogP contribution < -0.4 is 5.32 Å². The fourth-order valence-electron chi connectivity index (χ4n) is 6.59. The average molecular weight is 1070 g/mol. The predicted molar refractivity (Wildman–Crippen MR) is 243 cm³/mol. The summed E-state index contributed by atoms with van der Waals surface area (Å²) in [7, 11) is -31.8. The Morgan fingerprint density at radius 1 is 0.727 bits per heavy atom. The standard InChI is InChI=1S/C36H52N2O21P2S5/c1-5-56-60(39,57-17-22-62(41,42)43)21-16-36(4)31-26-29(66(53,54)55)13-14-32(31)38-34(36)10-8-6-7-9-33(37)35(3,30-25-28(65(50,51)52)12-11-27(30)2)15-20-61(40,58-18-23-63(44,45)46)59-19-24-64(47,48)49/h6-14,25-26,37-38H,5,15-24H2,1-4H3,(H,41,42,43)(H,44,45,46)(H,47,48,49)(H,50,51,52)(H,53,54,55)/b8-6+,9-7+,34-10-,37-33?. The van der Waals surface area contributed by atoms with E-state index in [-0.39, 0.29) is 30.5 Å². The molecule has 2 aromatic rings. The molecule has 0 aliphatic carbocycles. The first-order valence-electron chi connectivity index (χ1n) is 19.3. The van der Waals surface area contributed by atoms with E-state index in [1.54, 1.807) is 19.9 Å². The molecule has 2 aromatic carbocycles. The van der Waals surface area contributed by atoms with Crippen molar-refractivity contribution in [1.29, 1.82) is 5.41 Å². The van der Waals surface area contributed by atoms with Crippen LogP contribution in [0.25, 0.3) is 0 Å². The molecule has 23 nitrogen and oxygen atoms in total. The van der Waals surface area contributed by atoms with E-state index in [0.717, 1.165) is 18.2 Å². The Kier molecular flexibility index (Phi) is 19.2. The van der Waals surface area contributed by atoms with Gasteiger partial charge in [-0.25, -0.2) is 0 Å². The molecule has 66 heavy (non-hydrogen) atoms. The largest absolute Gasteiger partial charge is 0.358 e. The van der Waals surface area contributed by atoms with Crippen molar-refractivity contribution in [2.45, 2.75) is 61.2 Å². The number of allylic oxidation sites excluding steroid dienone is 6. The van der Waals surface area contributed by atoms with Gasteiger partial charge in [0.05, 0.1) is 65.8 Å². The van der Waals surface area contributed by atoms with Gasteiger partial charge in [-0.1, -0.05) is 24.3 Å². The van der Waals surface area contributed by atoms with Crippen LogP contribution in [0.3, 0.4) is 0 Å². The normalized spacial score (nSPS) is 18.9. The summed E-state index contributed by atoms with van der Waals surface area (Å²) >= 11 is 0. The van der Waals surface area contributed by atoms with Gasteiger partial charge < -0.3 is 28.8 Å². The fourth-order valence-corrected chi connectivity index (χ4v) is 12.5. The minimum Gasteiger partial charge on any atom is -0.358 e. The first kappa shape index (κ1) is 57.3. The number of hydrogen-bond acceptors (Lipinski definition) is 18. The highest BCUT2D eigenvalue weighted by atomic mass is 32.2. The van der Waals surface area contributed by atoms with Gasteiger partial charge in [0.1, 0.15) is 0 Å². The molecule has 1 heterocycles. The number of anilines is 1. The number of hydrogen-bond donors (Lipinski definition) is 7. The highest BCUT2D eigenvalue weighted by molar-refractivity contribution is 7.86. The van der Waals surface area contributed by atoms with E-state index in [2.05, 4.69) is 5.32 Å². The SMILES string of the molecule is CCOP(=O)(CCC1(C)/C(=C/C=C/C=C/C(=N)C(C)(CCP(=O)(OCCS(=O)(=O)O)OCCS(=O)(=O)O)c2cc(S(=O)(=O)O)ccc2C)Nc2ccc(S(=O)(=O)O)cc21)OCCS(=O)(=O)O. The number of benzene rings is 2. The Labute approximate surface area is 384 Å². The molecular formula is C36H52N2O21P2S5. The molecule has 30 heteroatoms. The van der Waals surface area contributed by atoms with Crippen molar-refractivity contribution >= 4 is 77.2 Å². The zero-order valence-electron chi connectivity index (χ0n) is 35.8. The molecule has 0 amide bonds. The third kappa shape index (κ3) is 17.2. The van der Waals surface area contributed by atoms with Crippen LogP contribution in [0.15, 0.2) is 82.3 Å². The van der Waals surface area contributed by atoms with Gasteiger partial charge in [-0.2, -0.15) is 42.1 Å². The third-order valence-electron chi connectivity index (χ3n) is 10.2. The number of aryl methyl sites for hydroxylation is 1. The van der Waals surface area contributed by atoms with Gasteiger partial charge in [-0.15, -0.1) is 0 Å². The second-order valence-corrected chi connectivity index (χ2v) is 27.0. The minimum absolute atomic E-state index is 0.0749. The second-order valence-electron chi connectivity index (χ2n) is 15.1. The van der Waals surface area contributed by atoms with Crippen LogP contribution in [0.4, 0.5) is 5.69 Å². The predicted octanol–water partition coefficient (Wildman–Crippen LogP) is 5.06. The van der Waals surface area contributed by atoms with E-state index in [9.17, 15) is 65.7 Å². The van der Waals surface area contributed by atoms with Crippen molar-refractivity contribution in [3.63, 3.8) is 0 Å². The highest BCUT2D eigenvalue weighted by Crippen LogP contribution is 2.55. The van der Waals surface area contributed by atoms with Crippen LogP contribution in [0.5, 0.6) is 0 Å². The molecule has 0 saturated heterocycles. The van der Waals surface area contributed by atoms with Crippen LogP contribution in [0.1, 0.15) is 50.3 Å². The molecule has 0 bridgehead atoms. The van der Waals surface area contributed by atoms with Crippen LogP contribution in [-0.4, -0.2) is 127 Å². The zero-order valence-corrected chi connectivity index (χ0v) is 41.7. The van der Waals surface area contributed by atoms with E-state index >= 15 is 0 Å². The third-order valence-corrected chi connectivity index (χ3v) is 17.8. The van der Waals surface area contributed by atoms with Crippen LogP contribution >= 0.6 is 15.2 Å². The lowest BCUT2D eigenvalue weighted by atomic mass is 9.74. The quantitative estimate of drug-likeness (QED) is 0.0266. The van der Waals surface area contributed by atoms with E-state index in [1.165, 1.54) is 56.4 Å². The number of nitrogens with one attached hydrogen (secondary N) is 2. The van der Waals surface area contributed by atoms with Crippen LogP contribution in [0.2, 0.25) is 0 Å². The Balaban J connectivity index is 2.06. The molecule has 3 unspecified atom stereocenters. The topological polar surface area (TPSA) is 379 Å². The molecule has 3 atom stereocenters. The maximum Gasteiger partial charge on any atom is 0.330 e. The second kappa shape index (κ2) is 22.2. The maximum absolute atomic E-state index is 13.9. The Morgan fingerprint density at radius 3 is 1.70 bits per heavy atom. The molecule has 0 saturated carbocycles. The van der Waals surface area contributed by atoms with Gasteiger partial charge in [0.2, 0.25) is 0 Å². The summed E-state index contributed by atoms with van der Waals surface area (Å²) in [6.07, 6.45) is 5.67. The fraction of sp³-hybridized carbons (Fsp3) is 0.472. The molecule has 0 fully saturated rings. The van der Waals surface area contributed by atoms with Gasteiger partial charge in [-0.3, -0.25) is 31.9 Å². The molecule has 0 radical (unpaired) electrons. The van der Waals surface area contributed by atoms with Crippen molar-refractivity contribution in [2.24, 2.45) is 0 Å². The van der Waals surface area contributed by atoms with E-state index < -0.39 is 136 Å². The summed E-state index contributed by atoms with van der Waals surface area (Å²) in [5, 5.41) is 12.3. The van der Waals surface area contributed by atoms with Gasteiger partial charge in [0.15, 0.2) is 0 Å². The van der Waals surface area contributed by atoms with E-state index in [4.69, 9.17) is 31.8 Å². The van der Waals surface area contributed by atoms with Crippen molar-refractivity contribution in [1.82, 2.24) is 0 Å². The molecule has 1 aliphatic heterocycles. The smallest absolute Gasteiger partial charge is 0.330 e. The number of fused-ring (bicyclic) bond motifs is 1. The summed E-state index contributed by atoms with van der Waals surface area (Å²) in [4.78, 5) is -1.01. The lowest BCUT2D eigenvalue weighted by molar-refractivity contribution is 0.217. The Hall–Kier alpha value is -3.02. The lowest BCUT2D eigenvalue weighted by Gasteiger charge is -2.33. The summed E-state index contributed by atoms with van der Waals surface area (Å²) in [5.74, 6) is -2.95. The van der Waals surface area contributed by atoms with Crippen molar-refractivity contribution in [3.8, 4) is 0 Å². The van der Waals surface area contributed by atoms with Gasteiger partial charge in [-0.05, 0) is 99.7 Å². The molecule has 7 N–H and O–H groups in total. The van der Waals surface area contributed by atoms with Gasteiger partial charge in [0.25, 0.3) is 50.6 Å². The molecule has 3 rings (SSSR count). The van der Waals surface area contributed by atoms with Gasteiger partial charge in [0, 0.05) is 27.9 Å². The van der Waals surface area contributed by atoms with E-state index in [0.29, 0.717) is 22.5 Å². The maximum atomic E-state index is 13.9. The molecular weight excluding hydrogens is 1020 g/mol. The minimum atomic E-state index is -4.80. The first-order chi connectivity index (χ1) is 30.0. The molecule has 1 aliphatic rings. The monoisotopic (exact) mass is 1070 g/mol. The van der Waals surface area contributed by atoms with E-state index in [1.807, 2.05) is 0 Å². The number of rotatable bonds is 27. The van der Waals surface area contributed by atoms with Crippen LogP contribution in [-0.2, 0) is 88.6 Å². The Morgan fingerprint density at radius 2 is 1.21 bits per heavy atom. The summed E-state index contributed by atoms with van der Waals surface area (Å²) < 4.78 is 212. The molecule has 0 spiro atoms. The summed E-state index contributed by atoms with van der Waals surface area (Å²) in [6, 6.07) is 7.28. The summed E-state index contributed by atoms with van der Waals surface area (Å²) in [5.41, 5.74) is -1.45. The van der Waals surface area contributed by atoms with Crippen molar-refractivity contribution in [3.05, 3.63) is 89.2 Å². The Bertz CT molecular complexity index is 2860. The molecule has 372 valence electrons. The molecule has 0 aromatic heterocycles. The summed E-state index contributed by atoms with van der Waals surface area (Å²) in [6.45, 7) is 3.64. The zero-order chi connectivity index (χ0) is 50.2.